The molecule has 0 saturated carbocycles. The minimum Gasteiger partial charge on any atom is -0.295 e. The molecule has 3 heteroatoms. The zero-order valence-electron chi connectivity index (χ0n) is 17.1. The average molecular weight is 374 g/mol. The lowest BCUT2D eigenvalue weighted by Gasteiger charge is -2.36. The van der Waals surface area contributed by atoms with Crippen molar-refractivity contribution in [3.05, 3.63) is 71.7 Å². The van der Waals surface area contributed by atoms with Gasteiger partial charge in [-0.15, -0.1) is 0 Å². The van der Waals surface area contributed by atoms with Gasteiger partial charge in [0.05, 0.1) is 11.2 Å². The number of nitrogens with zero attached hydrogens (tertiary/aromatic N) is 3. The van der Waals surface area contributed by atoms with Gasteiger partial charge in [0.25, 0.3) is 0 Å². The molecule has 146 valence electrons. The Morgan fingerprint density at radius 1 is 1.04 bits per heavy atom. The second kappa shape index (κ2) is 8.83. The molecule has 0 radical (unpaired) electrons. The van der Waals surface area contributed by atoms with Crippen LogP contribution in [0.15, 0.2) is 54.7 Å². The van der Waals surface area contributed by atoms with E-state index in [0.29, 0.717) is 6.04 Å². The predicted octanol–water partition coefficient (Wildman–Crippen LogP) is 5.73. The Labute approximate surface area is 168 Å². The first-order valence-corrected chi connectivity index (χ1v) is 10.7. The van der Waals surface area contributed by atoms with Crippen molar-refractivity contribution in [1.29, 1.82) is 0 Å². The predicted molar refractivity (Wildman–Crippen MR) is 116 cm³/mol. The molecule has 1 aliphatic heterocycles. The number of benzene rings is 1. The normalized spacial score (nSPS) is 17.1. The monoisotopic (exact) mass is 373 g/mol. The summed E-state index contributed by atoms with van der Waals surface area (Å²) in [5.74, 6) is 0.880. The highest BCUT2D eigenvalue weighted by Crippen LogP contribution is 2.29. The lowest BCUT2D eigenvalue weighted by molar-refractivity contribution is 0.134. The molecule has 0 aliphatic carbocycles. The van der Waals surface area contributed by atoms with E-state index in [4.69, 9.17) is 4.98 Å². The van der Waals surface area contributed by atoms with E-state index >= 15 is 0 Å². The Morgan fingerprint density at radius 2 is 1.82 bits per heavy atom. The van der Waals surface area contributed by atoms with Crippen LogP contribution >= 0.6 is 0 Å². The second-order valence-electron chi connectivity index (χ2n) is 8.23. The average Bonchev–Trinajstić information content (AvgIpc) is 2.74. The van der Waals surface area contributed by atoms with E-state index in [1.165, 1.54) is 56.5 Å². The SMILES string of the molecule is Cc1nccc2nc(C(C)N3CCC(CCCc4ccccc4)CC3)ccc12. The van der Waals surface area contributed by atoms with E-state index in [1.54, 1.807) is 0 Å². The minimum absolute atomic E-state index is 0.378. The van der Waals surface area contributed by atoms with Crippen LogP contribution in [-0.4, -0.2) is 28.0 Å². The van der Waals surface area contributed by atoms with Crippen molar-refractivity contribution in [3.63, 3.8) is 0 Å². The van der Waals surface area contributed by atoms with Crippen LogP contribution < -0.4 is 0 Å². The molecular weight excluding hydrogens is 342 g/mol. The van der Waals surface area contributed by atoms with E-state index in [-0.39, 0.29) is 0 Å². The van der Waals surface area contributed by atoms with Crippen LogP contribution in [0.25, 0.3) is 10.9 Å². The number of piperidine rings is 1. The first kappa shape index (κ1) is 19.1. The van der Waals surface area contributed by atoms with Gasteiger partial charge in [-0.1, -0.05) is 36.8 Å². The molecule has 1 saturated heterocycles. The van der Waals surface area contributed by atoms with Gasteiger partial charge in [-0.05, 0) is 82.3 Å². The highest BCUT2D eigenvalue weighted by atomic mass is 15.2. The number of fused-ring (bicyclic) bond motifs is 1. The van der Waals surface area contributed by atoms with Crippen molar-refractivity contribution < 1.29 is 0 Å². The number of aryl methyl sites for hydroxylation is 2. The third-order valence-corrected chi connectivity index (χ3v) is 6.38. The molecule has 0 spiro atoms. The van der Waals surface area contributed by atoms with Crippen molar-refractivity contribution >= 4 is 10.9 Å². The van der Waals surface area contributed by atoms with Crippen molar-refractivity contribution in [2.45, 2.75) is 52.0 Å². The summed E-state index contributed by atoms with van der Waals surface area (Å²) in [5, 5.41) is 1.16. The van der Waals surface area contributed by atoms with Crippen LogP contribution in [0.1, 0.15) is 55.6 Å². The molecule has 0 amide bonds. The molecule has 0 bridgehead atoms. The lowest BCUT2D eigenvalue weighted by Crippen LogP contribution is -2.36. The Kier molecular flexibility index (Phi) is 6.01. The zero-order valence-corrected chi connectivity index (χ0v) is 17.1. The number of pyridine rings is 2. The molecule has 1 unspecified atom stereocenters. The summed E-state index contributed by atoms with van der Waals surface area (Å²) in [5.41, 5.74) is 4.77. The summed E-state index contributed by atoms with van der Waals surface area (Å²) >= 11 is 0. The maximum atomic E-state index is 4.93. The molecule has 3 aromatic rings. The smallest absolute Gasteiger partial charge is 0.0739 e. The van der Waals surface area contributed by atoms with E-state index in [1.807, 2.05) is 12.3 Å². The fourth-order valence-electron chi connectivity index (χ4n) is 4.50. The van der Waals surface area contributed by atoms with Crippen LogP contribution in [0.5, 0.6) is 0 Å². The summed E-state index contributed by atoms with van der Waals surface area (Å²) < 4.78 is 0. The third-order valence-electron chi connectivity index (χ3n) is 6.38. The van der Waals surface area contributed by atoms with Gasteiger partial charge in [-0.3, -0.25) is 14.9 Å². The largest absolute Gasteiger partial charge is 0.295 e. The van der Waals surface area contributed by atoms with Gasteiger partial charge in [0.2, 0.25) is 0 Å². The van der Waals surface area contributed by atoms with Crippen LogP contribution in [0, 0.1) is 12.8 Å². The summed E-state index contributed by atoms with van der Waals surface area (Å²) in [6.45, 7) is 6.73. The number of hydrogen-bond donors (Lipinski definition) is 0. The summed E-state index contributed by atoms with van der Waals surface area (Å²) in [4.78, 5) is 11.9. The first-order valence-electron chi connectivity index (χ1n) is 10.7. The van der Waals surface area contributed by atoms with Crippen LogP contribution in [0.2, 0.25) is 0 Å². The molecule has 1 fully saturated rings. The summed E-state index contributed by atoms with van der Waals surface area (Å²) in [7, 11) is 0. The fourth-order valence-corrected chi connectivity index (χ4v) is 4.50. The van der Waals surface area contributed by atoms with E-state index in [2.05, 4.69) is 66.2 Å². The van der Waals surface area contributed by atoms with Crippen molar-refractivity contribution in [3.8, 4) is 0 Å². The van der Waals surface area contributed by atoms with Crippen molar-refractivity contribution in [2.24, 2.45) is 5.92 Å². The molecule has 3 nitrogen and oxygen atoms in total. The molecule has 3 heterocycles. The minimum atomic E-state index is 0.378. The molecule has 4 rings (SSSR count). The number of rotatable bonds is 6. The molecule has 0 N–H and O–H groups in total. The van der Waals surface area contributed by atoms with Crippen LogP contribution in [-0.2, 0) is 6.42 Å². The van der Waals surface area contributed by atoms with E-state index < -0.39 is 0 Å². The number of likely N-dealkylation sites (tertiary alicyclic amines) is 1. The summed E-state index contributed by atoms with van der Waals surface area (Å²) in [6, 6.07) is 17.7. The Morgan fingerprint density at radius 3 is 2.61 bits per heavy atom. The number of aromatic nitrogens is 2. The molecule has 1 atom stereocenters. The fraction of sp³-hybridized carbons (Fsp3) is 0.440. The van der Waals surface area contributed by atoms with E-state index in [0.717, 1.165) is 22.5 Å². The molecule has 2 aromatic heterocycles. The van der Waals surface area contributed by atoms with Gasteiger partial charge in [0.1, 0.15) is 0 Å². The molecule has 1 aliphatic rings. The maximum Gasteiger partial charge on any atom is 0.0739 e. The highest BCUT2D eigenvalue weighted by molar-refractivity contribution is 5.80. The van der Waals surface area contributed by atoms with Gasteiger partial charge >= 0.3 is 0 Å². The van der Waals surface area contributed by atoms with E-state index in [9.17, 15) is 0 Å². The molecule has 1 aromatic carbocycles. The van der Waals surface area contributed by atoms with Gasteiger partial charge in [-0.25, -0.2) is 0 Å². The number of hydrogen-bond acceptors (Lipinski definition) is 3. The molecule has 28 heavy (non-hydrogen) atoms. The topological polar surface area (TPSA) is 29.0 Å². The second-order valence-corrected chi connectivity index (χ2v) is 8.23. The van der Waals surface area contributed by atoms with Crippen molar-refractivity contribution in [2.75, 3.05) is 13.1 Å². The Balaban J connectivity index is 1.29. The van der Waals surface area contributed by atoms with Gasteiger partial charge in [-0.2, -0.15) is 0 Å². The van der Waals surface area contributed by atoms with Crippen LogP contribution in [0.3, 0.4) is 0 Å². The van der Waals surface area contributed by atoms with Crippen molar-refractivity contribution in [1.82, 2.24) is 14.9 Å². The third kappa shape index (κ3) is 4.41. The Bertz CT molecular complexity index is 898. The lowest BCUT2D eigenvalue weighted by atomic mass is 9.90. The first-order chi connectivity index (χ1) is 13.7. The highest BCUT2D eigenvalue weighted by Gasteiger charge is 2.24. The summed E-state index contributed by atoms with van der Waals surface area (Å²) in [6.07, 6.45) is 8.37. The van der Waals surface area contributed by atoms with Crippen LogP contribution in [0.4, 0.5) is 0 Å². The standard InChI is InChI=1S/C25H31N3/c1-19-23-11-12-24(27-25(23)13-16-26-19)20(2)28-17-14-22(15-18-28)10-6-9-21-7-4-3-5-8-21/h3-5,7-8,11-13,16,20,22H,6,9-10,14-15,17-18H2,1-2H3. The zero-order chi connectivity index (χ0) is 19.3. The maximum absolute atomic E-state index is 4.93. The van der Waals surface area contributed by atoms with Gasteiger partial charge < -0.3 is 0 Å². The van der Waals surface area contributed by atoms with Gasteiger partial charge in [0, 0.05) is 23.3 Å². The molecular formula is C25H31N3. The van der Waals surface area contributed by atoms with Gasteiger partial charge in [0.15, 0.2) is 0 Å². The Hall–Kier alpha value is -2.26. The quantitative estimate of drug-likeness (QED) is 0.552.